The van der Waals surface area contributed by atoms with Crippen LogP contribution < -0.4 is 4.74 Å². The molecule has 0 aliphatic rings. The number of hydrogen-bond acceptors (Lipinski definition) is 4. The third-order valence-electron chi connectivity index (χ3n) is 2.40. The molecule has 0 atom stereocenters. The Bertz CT molecular complexity index is 726. The van der Waals surface area contributed by atoms with Gasteiger partial charge in [-0.1, -0.05) is 0 Å². The summed E-state index contributed by atoms with van der Waals surface area (Å²) < 4.78 is 31.2. The lowest BCUT2D eigenvalue weighted by Gasteiger charge is -2.07. The Kier molecular flexibility index (Phi) is 3.57. The molecule has 0 saturated heterocycles. The third kappa shape index (κ3) is 2.70. The van der Waals surface area contributed by atoms with E-state index in [1.807, 2.05) is 0 Å². The van der Waals surface area contributed by atoms with Crippen LogP contribution in [0.15, 0.2) is 36.4 Å². The molecule has 0 bridgehead atoms. The van der Waals surface area contributed by atoms with Crippen molar-refractivity contribution in [1.82, 2.24) is 0 Å². The van der Waals surface area contributed by atoms with Crippen molar-refractivity contribution in [3.63, 3.8) is 0 Å². The van der Waals surface area contributed by atoms with E-state index >= 15 is 0 Å². The molecule has 0 aliphatic carbocycles. The molecule has 2 aromatic rings. The molecule has 0 heterocycles. The van der Waals surface area contributed by atoms with Gasteiger partial charge in [0.15, 0.2) is 0 Å². The number of nitro groups is 1. The Morgan fingerprint density at radius 2 is 1.70 bits per heavy atom. The van der Waals surface area contributed by atoms with Gasteiger partial charge in [0.2, 0.25) is 5.75 Å². The monoisotopic (exact) mass is 276 g/mol. The minimum Gasteiger partial charge on any atom is -0.449 e. The van der Waals surface area contributed by atoms with Crippen molar-refractivity contribution in [1.29, 1.82) is 5.26 Å². The second-order valence-corrected chi connectivity index (χ2v) is 3.72. The predicted molar refractivity (Wildman–Crippen MR) is 64.2 cm³/mol. The highest BCUT2D eigenvalue weighted by atomic mass is 19.1. The fourth-order valence-corrected chi connectivity index (χ4v) is 1.52. The van der Waals surface area contributed by atoms with Crippen LogP contribution in [-0.2, 0) is 0 Å². The Morgan fingerprint density at radius 3 is 2.30 bits per heavy atom. The first-order valence-electron chi connectivity index (χ1n) is 5.32. The Labute approximate surface area is 111 Å². The zero-order valence-electron chi connectivity index (χ0n) is 9.84. The number of benzene rings is 2. The van der Waals surface area contributed by atoms with Gasteiger partial charge in [0.05, 0.1) is 16.6 Å². The van der Waals surface area contributed by atoms with Crippen LogP contribution in [0.4, 0.5) is 14.5 Å². The van der Waals surface area contributed by atoms with Crippen molar-refractivity contribution >= 4 is 5.69 Å². The van der Waals surface area contributed by atoms with Crippen LogP contribution in [0.1, 0.15) is 5.56 Å². The van der Waals surface area contributed by atoms with E-state index in [9.17, 15) is 18.9 Å². The maximum absolute atomic E-state index is 13.0. The second-order valence-electron chi connectivity index (χ2n) is 3.72. The van der Waals surface area contributed by atoms with E-state index in [1.165, 1.54) is 6.07 Å². The highest BCUT2D eigenvalue weighted by Gasteiger charge is 2.18. The largest absolute Gasteiger partial charge is 0.449 e. The van der Waals surface area contributed by atoms with Crippen LogP contribution in [0.5, 0.6) is 11.5 Å². The molecule has 0 amide bonds. The topological polar surface area (TPSA) is 76.2 Å². The van der Waals surface area contributed by atoms with E-state index in [-0.39, 0.29) is 17.1 Å². The first kappa shape index (κ1) is 13.4. The summed E-state index contributed by atoms with van der Waals surface area (Å²) in [4.78, 5) is 10.00. The van der Waals surface area contributed by atoms with Crippen LogP contribution in [0.2, 0.25) is 0 Å². The lowest BCUT2D eigenvalue weighted by Crippen LogP contribution is -1.96. The van der Waals surface area contributed by atoms with Gasteiger partial charge in [0.1, 0.15) is 23.5 Å². The van der Waals surface area contributed by atoms with Crippen molar-refractivity contribution in [3.05, 3.63) is 63.7 Å². The molecule has 20 heavy (non-hydrogen) atoms. The molecule has 7 heteroatoms. The van der Waals surface area contributed by atoms with Crippen molar-refractivity contribution in [3.8, 4) is 17.6 Å². The van der Waals surface area contributed by atoms with Gasteiger partial charge in [-0.3, -0.25) is 10.1 Å². The van der Waals surface area contributed by atoms with Crippen molar-refractivity contribution in [2.45, 2.75) is 0 Å². The van der Waals surface area contributed by atoms with Crippen molar-refractivity contribution in [2.24, 2.45) is 0 Å². The molecule has 0 aromatic heterocycles. The van der Waals surface area contributed by atoms with Gasteiger partial charge in [-0.25, -0.2) is 8.78 Å². The summed E-state index contributed by atoms with van der Waals surface area (Å²) >= 11 is 0. The maximum Gasteiger partial charge on any atom is 0.314 e. The number of halogens is 2. The smallest absolute Gasteiger partial charge is 0.314 e. The SMILES string of the molecule is N#Cc1cc(F)ccc1Oc1ccc(F)cc1[N+](=O)[O-]. The summed E-state index contributed by atoms with van der Waals surface area (Å²) in [5, 5.41) is 19.7. The normalized spacial score (nSPS) is 9.85. The van der Waals surface area contributed by atoms with Crippen LogP contribution in [0, 0.1) is 33.1 Å². The average molecular weight is 276 g/mol. The maximum atomic E-state index is 13.0. The molecule has 0 saturated carbocycles. The van der Waals surface area contributed by atoms with Crippen LogP contribution in [0.25, 0.3) is 0 Å². The van der Waals surface area contributed by atoms with E-state index in [0.717, 1.165) is 24.3 Å². The summed E-state index contributed by atoms with van der Waals surface area (Å²) in [5.41, 5.74) is -0.707. The molecular formula is C13H6F2N2O3. The van der Waals surface area contributed by atoms with Gasteiger partial charge < -0.3 is 4.74 Å². The minimum atomic E-state index is -0.812. The molecule has 0 aliphatic heterocycles. The van der Waals surface area contributed by atoms with Crippen molar-refractivity contribution < 1.29 is 18.4 Å². The third-order valence-corrected chi connectivity index (χ3v) is 2.40. The molecule has 0 radical (unpaired) electrons. The van der Waals surface area contributed by atoms with Crippen LogP contribution >= 0.6 is 0 Å². The molecule has 0 fully saturated rings. The summed E-state index contributed by atoms with van der Waals surface area (Å²) in [6, 6.07) is 7.61. The summed E-state index contributed by atoms with van der Waals surface area (Å²) in [6.45, 7) is 0. The van der Waals surface area contributed by atoms with Gasteiger partial charge in [-0.05, 0) is 30.3 Å². The number of ether oxygens (including phenoxy) is 1. The van der Waals surface area contributed by atoms with Crippen LogP contribution in [0.3, 0.4) is 0 Å². The zero-order valence-corrected chi connectivity index (χ0v) is 9.84. The van der Waals surface area contributed by atoms with Gasteiger partial charge in [0.25, 0.3) is 0 Å². The van der Waals surface area contributed by atoms with Gasteiger partial charge >= 0.3 is 5.69 Å². The van der Waals surface area contributed by atoms with E-state index < -0.39 is 22.2 Å². The fraction of sp³-hybridized carbons (Fsp3) is 0. The highest BCUT2D eigenvalue weighted by Crippen LogP contribution is 2.33. The zero-order chi connectivity index (χ0) is 14.7. The Hall–Kier alpha value is -3.01. The number of nitrogens with zero attached hydrogens (tertiary/aromatic N) is 2. The summed E-state index contributed by atoms with van der Waals surface area (Å²) in [6.07, 6.45) is 0. The Balaban J connectivity index is 2.45. The molecule has 0 N–H and O–H groups in total. The fourth-order valence-electron chi connectivity index (χ4n) is 1.52. The standard InChI is InChI=1S/C13H6F2N2O3/c14-9-1-3-12(8(5-9)7-16)20-13-4-2-10(15)6-11(13)17(18)19/h1-6H. The number of nitriles is 1. The molecule has 100 valence electrons. The van der Waals surface area contributed by atoms with Crippen LogP contribution in [-0.4, -0.2) is 4.92 Å². The molecule has 5 nitrogen and oxygen atoms in total. The van der Waals surface area contributed by atoms with Crippen molar-refractivity contribution in [2.75, 3.05) is 0 Å². The molecule has 2 aromatic carbocycles. The minimum absolute atomic E-state index is 0.0522. The lowest BCUT2D eigenvalue weighted by atomic mass is 10.2. The van der Waals surface area contributed by atoms with E-state index in [2.05, 4.69) is 0 Å². The number of rotatable bonds is 3. The molecular weight excluding hydrogens is 270 g/mol. The van der Waals surface area contributed by atoms with Gasteiger partial charge in [0, 0.05) is 0 Å². The average Bonchev–Trinajstić information content (AvgIpc) is 2.42. The molecule has 0 spiro atoms. The number of hydrogen-bond donors (Lipinski definition) is 0. The highest BCUT2D eigenvalue weighted by molar-refractivity contribution is 5.51. The van der Waals surface area contributed by atoms with Gasteiger partial charge in [-0.15, -0.1) is 0 Å². The molecule has 2 rings (SSSR count). The first-order valence-corrected chi connectivity index (χ1v) is 5.32. The van der Waals surface area contributed by atoms with E-state index in [0.29, 0.717) is 6.07 Å². The predicted octanol–water partition coefficient (Wildman–Crippen LogP) is 3.54. The second kappa shape index (κ2) is 5.32. The Morgan fingerprint density at radius 1 is 1.10 bits per heavy atom. The molecule has 0 unspecified atom stereocenters. The van der Waals surface area contributed by atoms with E-state index in [4.69, 9.17) is 10.00 Å². The number of nitro benzene ring substituents is 1. The quantitative estimate of drug-likeness (QED) is 0.634. The van der Waals surface area contributed by atoms with Gasteiger partial charge in [-0.2, -0.15) is 5.26 Å². The summed E-state index contributed by atoms with van der Waals surface area (Å²) in [7, 11) is 0. The lowest BCUT2D eigenvalue weighted by molar-refractivity contribution is -0.385. The summed E-state index contributed by atoms with van der Waals surface area (Å²) in [5.74, 6) is -1.71. The first-order chi connectivity index (χ1) is 9.51. The van der Waals surface area contributed by atoms with E-state index in [1.54, 1.807) is 6.07 Å².